The summed E-state index contributed by atoms with van der Waals surface area (Å²) >= 11 is 1.28. The maximum Gasteiger partial charge on any atom is 0.416 e. The molecule has 0 amide bonds. The Balaban J connectivity index is 1.93. The van der Waals surface area contributed by atoms with Crippen molar-refractivity contribution < 1.29 is 27.4 Å². The van der Waals surface area contributed by atoms with Crippen molar-refractivity contribution in [2.45, 2.75) is 22.7 Å². The predicted molar refractivity (Wildman–Crippen MR) is 84.1 cm³/mol. The molecule has 0 N–H and O–H groups in total. The van der Waals surface area contributed by atoms with Gasteiger partial charge in [0.15, 0.2) is 5.78 Å². The largest absolute Gasteiger partial charge is 0.477 e. The van der Waals surface area contributed by atoms with Crippen LogP contribution in [0, 0.1) is 0 Å². The Morgan fingerprint density at radius 1 is 1.20 bits per heavy atom. The smallest absolute Gasteiger partial charge is 0.416 e. The highest BCUT2D eigenvalue weighted by Crippen LogP contribution is 2.45. The number of hydrogen-bond donors (Lipinski definition) is 0. The Morgan fingerprint density at radius 2 is 1.92 bits per heavy atom. The first-order chi connectivity index (χ1) is 11.8. The predicted octanol–water partition coefficient (Wildman–Crippen LogP) is 3.93. The number of ether oxygens (including phenoxy) is 2. The number of carbonyl (C=O) groups excluding carboxylic acids is 1. The third-order valence-corrected chi connectivity index (χ3v) is 4.99. The van der Waals surface area contributed by atoms with E-state index >= 15 is 0 Å². The maximum absolute atomic E-state index is 12.8. The maximum atomic E-state index is 12.8. The number of nitrogens with zero attached hydrogens (tertiary/aromatic N) is 2. The normalized spacial score (nSPS) is 17.2. The Morgan fingerprint density at radius 3 is 2.56 bits per heavy atom. The highest BCUT2D eigenvalue weighted by Gasteiger charge is 2.34. The number of ketones is 1. The molecule has 0 fully saturated rings. The van der Waals surface area contributed by atoms with Crippen LogP contribution in [0.25, 0.3) is 0 Å². The number of methoxy groups -OCH3 is 2. The van der Waals surface area contributed by atoms with Crippen LogP contribution in [0.4, 0.5) is 13.2 Å². The van der Waals surface area contributed by atoms with Crippen molar-refractivity contribution in [1.82, 2.24) is 9.97 Å². The van der Waals surface area contributed by atoms with E-state index in [2.05, 4.69) is 9.97 Å². The average molecular weight is 370 g/mol. The minimum absolute atomic E-state index is 0.0309. The van der Waals surface area contributed by atoms with E-state index in [1.807, 2.05) is 0 Å². The van der Waals surface area contributed by atoms with E-state index in [0.717, 1.165) is 12.1 Å². The van der Waals surface area contributed by atoms with Crippen LogP contribution in [-0.4, -0.2) is 30.0 Å². The molecular formula is C16H13F3N2O3S. The lowest BCUT2D eigenvalue weighted by atomic mass is 10.0. The molecular weight excluding hydrogens is 357 g/mol. The van der Waals surface area contributed by atoms with Crippen LogP contribution in [0.5, 0.6) is 11.8 Å². The van der Waals surface area contributed by atoms with Crippen LogP contribution in [0.2, 0.25) is 0 Å². The Hall–Kier alpha value is -2.29. The van der Waals surface area contributed by atoms with Crippen molar-refractivity contribution in [2.24, 2.45) is 0 Å². The first-order valence-corrected chi connectivity index (χ1v) is 8.07. The van der Waals surface area contributed by atoms with Gasteiger partial charge in [-0.3, -0.25) is 4.79 Å². The van der Waals surface area contributed by atoms with Gasteiger partial charge in [0.25, 0.3) is 11.8 Å². The van der Waals surface area contributed by atoms with Gasteiger partial charge in [-0.05, 0) is 18.2 Å². The quantitative estimate of drug-likeness (QED) is 0.816. The van der Waals surface area contributed by atoms with Gasteiger partial charge in [0.05, 0.1) is 36.9 Å². The van der Waals surface area contributed by atoms with Gasteiger partial charge in [0.2, 0.25) is 0 Å². The second-order valence-electron chi connectivity index (χ2n) is 5.26. The molecule has 1 atom stereocenters. The van der Waals surface area contributed by atoms with Crippen LogP contribution in [-0.2, 0) is 6.18 Å². The molecule has 25 heavy (non-hydrogen) atoms. The second-order valence-corrected chi connectivity index (χ2v) is 6.50. The molecule has 0 saturated heterocycles. The number of Topliss-reactive ketones (excluding diaryl/α,β-unsaturated/α-hetero) is 1. The fourth-order valence-corrected chi connectivity index (χ4v) is 3.69. The molecule has 2 heterocycles. The van der Waals surface area contributed by atoms with Crippen molar-refractivity contribution in [3.05, 3.63) is 41.2 Å². The molecule has 0 radical (unpaired) electrons. The van der Waals surface area contributed by atoms with E-state index < -0.39 is 11.7 Å². The van der Waals surface area contributed by atoms with Gasteiger partial charge >= 0.3 is 6.18 Å². The average Bonchev–Trinajstić information content (AvgIpc) is 2.59. The molecule has 2 aromatic rings. The molecule has 0 aliphatic carbocycles. The summed E-state index contributed by atoms with van der Waals surface area (Å²) in [5.74, 6) is 0.0429. The standard InChI is InChI=1S/C16H13F3N2O3S/c1-23-14-15(24-2)21-10(7-20-14)13-6-11(22)9-5-8(16(17,18)19)3-4-12(9)25-13/h3-5,7,13H,6H2,1-2H3. The highest BCUT2D eigenvalue weighted by molar-refractivity contribution is 7.99. The number of carbonyl (C=O) groups is 1. The van der Waals surface area contributed by atoms with Crippen LogP contribution in [0.3, 0.4) is 0 Å². The van der Waals surface area contributed by atoms with Crippen LogP contribution in [0.1, 0.15) is 33.3 Å². The second kappa shape index (κ2) is 6.55. The topological polar surface area (TPSA) is 61.3 Å². The van der Waals surface area contributed by atoms with Gasteiger partial charge in [-0.25, -0.2) is 9.97 Å². The van der Waals surface area contributed by atoms with Crippen molar-refractivity contribution in [3.63, 3.8) is 0 Å². The number of rotatable bonds is 3. The summed E-state index contributed by atoms with van der Waals surface area (Å²) < 4.78 is 48.6. The molecule has 0 saturated carbocycles. The molecule has 3 rings (SSSR count). The molecule has 1 aliphatic heterocycles. The minimum Gasteiger partial charge on any atom is -0.477 e. The zero-order valence-corrected chi connectivity index (χ0v) is 14.1. The zero-order chi connectivity index (χ0) is 18.2. The summed E-state index contributed by atoms with van der Waals surface area (Å²) in [4.78, 5) is 21.2. The molecule has 1 aromatic heterocycles. The van der Waals surface area contributed by atoms with Crippen molar-refractivity contribution in [3.8, 4) is 11.8 Å². The summed E-state index contributed by atoms with van der Waals surface area (Å²) in [6, 6.07) is 3.20. The molecule has 5 nitrogen and oxygen atoms in total. The zero-order valence-electron chi connectivity index (χ0n) is 13.3. The minimum atomic E-state index is -4.48. The lowest BCUT2D eigenvalue weighted by Gasteiger charge is -2.23. The van der Waals surface area contributed by atoms with Gasteiger partial charge in [0, 0.05) is 16.9 Å². The monoisotopic (exact) mass is 370 g/mol. The van der Waals surface area contributed by atoms with E-state index in [1.54, 1.807) is 0 Å². The first kappa shape index (κ1) is 17.5. The van der Waals surface area contributed by atoms with Gasteiger partial charge in [-0.2, -0.15) is 13.2 Å². The summed E-state index contributed by atoms with van der Waals surface area (Å²) in [5.41, 5.74) is -0.240. The van der Waals surface area contributed by atoms with E-state index in [1.165, 1.54) is 38.2 Å². The van der Waals surface area contributed by atoms with E-state index in [0.29, 0.717) is 10.6 Å². The fourth-order valence-electron chi connectivity index (χ4n) is 2.47. The van der Waals surface area contributed by atoms with Gasteiger partial charge in [0.1, 0.15) is 0 Å². The molecule has 0 spiro atoms. The van der Waals surface area contributed by atoms with Crippen LogP contribution in [0.15, 0.2) is 29.3 Å². The van der Waals surface area contributed by atoms with Gasteiger partial charge in [-0.1, -0.05) is 0 Å². The molecule has 1 aromatic carbocycles. The Labute approximate surface area is 145 Å². The fraction of sp³-hybridized carbons (Fsp3) is 0.312. The van der Waals surface area contributed by atoms with Crippen molar-refractivity contribution in [2.75, 3.05) is 14.2 Å². The number of hydrogen-bond acceptors (Lipinski definition) is 6. The molecule has 1 aliphatic rings. The molecule has 1 unspecified atom stereocenters. The number of fused-ring (bicyclic) bond motifs is 1. The summed E-state index contributed by atoms with van der Waals surface area (Å²) in [5, 5.41) is -0.357. The van der Waals surface area contributed by atoms with E-state index in [-0.39, 0.29) is 34.8 Å². The molecule has 9 heteroatoms. The van der Waals surface area contributed by atoms with Gasteiger partial charge < -0.3 is 9.47 Å². The Kier molecular flexibility index (Phi) is 4.59. The highest BCUT2D eigenvalue weighted by atomic mass is 32.2. The summed E-state index contributed by atoms with van der Waals surface area (Å²) in [7, 11) is 2.85. The van der Waals surface area contributed by atoms with E-state index in [9.17, 15) is 18.0 Å². The SMILES string of the molecule is COc1ncc(C2CC(=O)c3cc(C(F)(F)F)ccc3S2)nc1OC. The van der Waals surface area contributed by atoms with Crippen LogP contribution >= 0.6 is 11.8 Å². The van der Waals surface area contributed by atoms with E-state index in [4.69, 9.17) is 9.47 Å². The van der Waals surface area contributed by atoms with Gasteiger partial charge in [-0.15, -0.1) is 11.8 Å². The summed E-state index contributed by atoms with van der Waals surface area (Å²) in [6.07, 6.45) is -2.98. The number of alkyl halides is 3. The van der Waals surface area contributed by atoms with Crippen molar-refractivity contribution >= 4 is 17.5 Å². The molecule has 0 bridgehead atoms. The lowest BCUT2D eigenvalue weighted by Crippen LogP contribution is -2.15. The number of halogens is 3. The number of thioether (sulfide) groups is 1. The summed E-state index contributed by atoms with van der Waals surface area (Å²) in [6.45, 7) is 0. The first-order valence-electron chi connectivity index (χ1n) is 7.19. The third kappa shape index (κ3) is 3.41. The van der Waals surface area contributed by atoms with Crippen molar-refractivity contribution in [1.29, 1.82) is 0 Å². The number of benzene rings is 1. The number of aromatic nitrogens is 2. The molecule has 132 valence electrons. The van der Waals surface area contributed by atoms with Crippen LogP contribution < -0.4 is 9.47 Å². The lowest BCUT2D eigenvalue weighted by molar-refractivity contribution is -0.137. The Bertz CT molecular complexity index is 827. The third-order valence-electron chi connectivity index (χ3n) is 3.69.